The highest BCUT2D eigenvalue weighted by atomic mass is 19.4. The van der Waals surface area contributed by atoms with Crippen molar-refractivity contribution in [3.63, 3.8) is 0 Å². The third kappa shape index (κ3) is 5.68. The lowest BCUT2D eigenvalue weighted by molar-refractivity contribution is -0.176. The third-order valence-corrected chi connectivity index (χ3v) is 2.68. The Labute approximate surface area is 129 Å². The minimum absolute atomic E-state index is 0.230. The van der Waals surface area contributed by atoms with Crippen molar-refractivity contribution in [3.8, 4) is 11.5 Å². The number of phenolic OH excluding ortho intramolecular Hbond substituents is 2. The average molecular weight is 335 g/mol. The molecule has 0 aliphatic rings. The van der Waals surface area contributed by atoms with Crippen LogP contribution in [0.1, 0.15) is 19.4 Å². The van der Waals surface area contributed by atoms with E-state index in [-0.39, 0.29) is 12.0 Å². The summed E-state index contributed by atoms with van der Waals surface area (Å²) in [6, 6.07) is 1.89. The average Bonchev–Trinajstić information content (AvgIpc) is 2.40. The number of hydrogen-bond donors (Lipinski definition) is 3. The second-order valence-corrected chi connectivity index (χ2v) is 5.04. The molecule has 0 radical (unpaired) electrons. The van der Waals surface area contributed by atoms with Gasteiger partial charge in [0.15, 0.2) is 11.5 Å². The highest BCUT2D eigenvalue weighted by molar-refractivity contribution is 5.87. The summed E-state index contributed by atoms with van der Waals surface area (Å²) in [6.45, 7) is 3.01. The van der Waals surface area contributed by atoms with Crippen molar-refractivity contribution in [1.29, 1.82) is 0 Å². The molecule has 1 rings (SSSR count). The predicted octanol–water partition coefficient (Wildman–Crippen LogP) is 1.64. The molecule has 0 saturated carbocycles. The van der Waals surface area contributed by atoms with Crippen LogP contribution in [0.5, 0.6) is 11.5 Å². The molecular formula is C14H16F3NO5. The van der Waals surface area contributed by atoms with Crippen LogP contribution in [0.25, 0.3) is 0 Å². The first kappa shape index (κ1) is 18.6. The number of hydrogen-bond acceptors (Lipinski definition) is 5. The molecule has 0 bridgehead atoms. The second-order valence-electron chi connectivity index (χ2n) is 5.04. The fourth-order valence-corrected chi connectivity index (χ4v) is 1.68. The molecule has 1 aromatic carbocycles. The number of benzene rings is 1. The van der Waals surface area contributed by atoms with Crippen molar-refractivity contribution >= 4 is 11.9 Å². The number of esters is 1. The summed E-state index contributed by atoms with van der Waals surface area (Å²) in [4.78, 5) is 22.9. The van der Waals surface area contributed by atoms with Gasteiger partial charge < -0.3 is 20.3 Å². The van der Waals surface area contributed by atoms with E-state index in [1.807, 2.05) is 0 Å². The number of carbonyl (C=O) groups is 2. The van der Waals surface area contributed by atoms with Crippen LogP contribution in [-0.2, 0) is 20.7 Å². The van der Waals surface area contributed by atoms with Gasteiger partial charge >= 0.3 is 18.1 Å². The van der Waals surface area contributed by atoms with Crippen LogP contribution < -0.4 is 5.32 Å². The molecule has 0 spiro atoms. The fraction of sp³-hybridized carbons (Fsp3) is 0.429. The van der Waals surface area contributed by atoms with Crippen LogP contribution >= 0.6 is 0 Å². The molecule has 0 heterocycles. The standard InChI is InChI=1S/C14H16F3NO5/c1-7(2)23-12(21)9(18-13(22)14(15,16)17)5-8-3-4-10(19)11(20)6-8/h3-4,6-7,9,19-20H,5H2,1-2H3,(H,18,22)/t9-/m0/s1. The molecule has 1 amide bonds. The first-order valence-corrected chi connectivity index (χ1v) is 6.59. The number of aromatic hydroxyl groups is 2. The number of phenols is 2. The Morgan fingerprint density at radius 3 is 2.30 bits per heavy atom. The topological polar surface area (TPSA) is 95.9 Å². The molecule has 23 heavy (non-hydrogen) atoms. The number of alkyl halides is 3. The Bertz CT molecular complexity index is 586. The maximum Gasteiger partial charge on any atom is 0.471 e. The summed E-state index contributed by atoms with van der Waals surface area (Å²) in [5.74, 6) is -4.23. The molecule has 3 N–H and O–H groups in total. The molecule has 1 aromatic rings. The molecule has 128 valence electrons. The van der Waals surface area contributed by atoms with E-state index in [9.17, 15) is 33.0 Å². The molecule has 6 nitrogen and oxygen atoms in total. The van der Waals surface area contributed by atoms with Crippen molar-refractivity contribution in [1.82, 2.24) is 5.32 Å². The van der Waals surface area contributed by atoms with Crippen LogP contribution in [0.2, 0.25) is 0 Å². The first-order valence-electron chi connectivity index (χ1n) is 6.59. The van der Waals surface area contributed by atoms with E-state index in [0.717, 1.165) is 12.1 Å². The molecule has 0 aromatic heterocycles. The highest BCUT2D eigenvalue weighted by Crippen LogP contribution is 2.25. The number of ether oxygens (including phenoxy) is 1. The summed E-state index contributed by atoms with van der Waals surface area (Å²) < 4.78 is 41.9. The van der Waals surface area contributed by atoms with Crippen LogP contribution in [-0.4, -0.2) is 40.4 Å². The fourth-order valence-electron chi connectivity index (χ4n) is 1.68. The Morgan fingerprint density at radius 1 is 1.22 bits per heavy atom. The van der Waals surface area contributed by atoms with Crippen molar-refractivity contribution in [2.45, 2.75) is 38.6 Å². The predicted molar refractivity (Wildman–Crippen MR) is 72.7 cm³/mol. The molecule has 0 saturated heterocycles. The quantitative estimate of drug-likeness (QED) is 0.562. The van der Waals surface area contributed by atoms with Gasteiger partial charge in [-0.15, -0.1) is 0 Å². The summed E-state index contributed by atoms with van der Waals surface area (Å²) in [5.41, 5.74) is 0.230. The number of nitrogens with one attached hydrogen (secondary N) is 1. The van der Waals surface area contributed by atoms with Crippen molar-refractivity contribution in [2.75, 3.05) is 0 Å². The normalized spacial score (nSPS) is 12.8. The maximum atomic E-state index is 12.4. The first-order chi connectivity index (χ1) is 10.5. The Balaban J connectivity index is 2.96. The van der Waals surface area contributed by atoms with Crippen LogP contribution in [0.3, 0.4) is 0 Å². The molecule has 0 aliphatic heterocycles. The zero-order chi connectivity index (χ0) is 17.8. The number of rotatable bonds is 5. The number of halogens is 3. The van der Waals surface area contributed by atoms with Crippen LogP contribution in [0, 0.1) is 0 Å². The van der Waals surface area contributed by atoms with Crippen molar-refractivity contribution in [3.05, 3.63) is 23.8 Å². The van der Waals surface area contributed by atoms with Crippen molar-refractivity contribution < 1.29 is 37.7 Å². The second kappa shape index (κ2) is 7.21. The molecule has 0 aliphatic carbocycles. The lowest BCUT2D eigenvalue weighted by atomic mass is 10.0. The molecule has 0 unspecified atom stereocenters. The van der Waals surface area contributed by atoms with Gasteiger partial charge in [0.25, 0.3) is 0 Å². The Morgan fingerprint density at radius 2 is 1.83 bits per heavy atom. The summed E-state index contributed by atoms with van der Waals surface area (Å²) >= 11 is 0. The van der Waals surface area contributed by atoms with Gasteiger partial charge in [-0.25, -0.2) is 4.79 Å². The maximum absolute atomic E-state index is 12.4. The number of carbonyl (C=O) groups excluding carboxylic acids is 2. The minimum atomic E-state index is -5.15. The molecule has 9 heteroatoms. The SMILES string of the molecule is CC(C)OC(=O)[C@H](Cc1ccc(O)c(O)c1)NC(=O)C(F)(F)F. The molecule has 1 atom stereocenters. The van der Waals surface area contributed by atoms with Gasteiger partial charge in [0.1, 0.15) is 6.04 Å². The highest BCUT2D eigenvalue weighted by Gasteiger charge is 2.41. The zero-order valence-electron chi connectivity index (χ0n) is 12.3. The van der Waals surface area contributed by atoms with E-state index in [0.29, 0.717) is 0 Å². The van der Waals surface area contributed by atoms with Gasteiger partial charge in [0.05, 0.1) is 6.10 Å². The van der Waals surface area contributed by atoms with Crippen LogP contribution in [0.4, 0.5) is 13.2 Å². The zero-order valence-corrected chi connectivity index (χ0v) is 12.3. The smallest absolute Gasteiger partial charge is 0.471 e. The lowest BCUT2D eigenvalue weighted by Gasteiger charge is -2.20. The van der Waals surface area contributed by atoms with E-state index in [1.165, 1.54) is 19.9 Å². The molecular weight excluding hydrogens is 319 g/mol. The van der Waals surface area contributed by atoms with E-state index < -0.39 is 41.7 Å². The summed E-state index contributed by atoms with van der Waals surface area (Å²) in [6.07, 6.45) is -6.07. The van der Waals surface area contributed by atoms with E-state index in [1.54, 1.807) is 5.32 Å². The van der Waals surface area contributed by atoms with E-state index in [2.05, 4.69) is 0 Å². The van der Waals surface area contributed by atoms with Gasteiger partial charge in [-0.05, 0) is 31.5 Å². The van der Waals surface area contributed by atoms with Crippen LogP contribution in [0.15, 0.2) is 18.2 Å². The molecule has 0 fully saturated rings. The monoisotopic (exact) mass is 335 g/mol. The Hall–Kier alpha value is -2.45. The van der Waals surface area contributed by atoms with Crippen molar-refractivity contribution in [2.24, 2.45) is 0 Å². The summed E-state index contributed by atoms with van der Waals surface area (Å²) in [5, 5.41) is 20.1. The number of amides is 1. The lowest BCUT2D eigenvalue weighted by Crippen LogP contribution is -2.48. The van der Waals surface area contributed by atoms with Gasteiger partial charge in [0, 0.05) is 6.42 Å². The van der Waals surface area contributed by atoms with Gasteiger partial charge in [-0.3, -0.25) is 4.79 Å². The summed E-state index contributed by atoms with van der Waals surface area (Å²) in [7, 11) is 0. The van der Waals surface area contributed by atoms with E-state index >= 15 is 0 Å². The largest absolute Gasteiger partial charge is 0.504 e. The van der Waals surface area contributed by atoms with Gasteiger partial charge in [-0.1, -0.05) is 6.07 Å². The minimum Gasteiger partial charge on any atom is -0.504 e. The third-order valence-electron chi connectivity index (χ3n) is 2.68. The van der Waals surface area contributed by atoms with E-state index in [4.69, 9.17) is 4.74 Å². The van der Waals surface area contributed by atoms with Gasteiger partial charge in [0.2, 0.25) is 0 Å². The Kier molecular flexibility index (Phi) is 5.83. The van der Waals surface area contributed by atoms with Gasteiger partial charge in [-0.2, -0.15) is 13.2 Å².